The Morgan fingerprint density at radius 3 is 2.33 bits per heavy atom. The number of hydrogen-bond acceptors (Lipinski definition) is 2. The van der Waals surface area contributed by atoms with Crippen LogP contribution in [0.4, 0.5) is 8.78 Å². The predicted molar refractivity (Wildman–Crippen MR) is 117 cm³/mol. The second-order valence-electron chi connectivity index (χ2n) is 7.92. The number of aryl methyl sites for hydroxylation is 5. The Hall–Kier alpha value is -2.97. The number of nitrogens with zero attached hydrogens (tertiary/aromatic N) is 3. The molecule has 3 aromatic rings. The molecule has 0 N–H and O–H groups in total. The number of pyridine rings is 1. The summed E-state index contributed by atoms with van der Waals surface area (Å²) in [6.07, 6.45) is 0.866. The first-order valence-corrected chi connectivity index (χ1v) is 9.99. The summed E-state index contributed by atoms with van der Waals surface area (Å²) in [5.74, 6) is 5.05. The molecule has 3 nitrogen and oxygen atoms in total. The van der Waals surface area contributed by atoms with Crippen molar-refractivity contribution in [1.29, 1.82) is 0 Å². The van der Waals surface area contributed by atoms with Gasteiger partial charge in [-0.2, -0.15) is 0 Å². The molecule has 0 amide bonds. The maximum Gasteiger partial charge on any atom is 0.162 e. The molecular formula is C25H27F2N3. The second-order valence-corrected chi connectivity index (χ2v) is 7.92. The summed E-state index contributed by atoms with van der Waals surface area (Å²) in [5.41, 5.74) is 4.95. The van der Waals surface area contributed by atoms with Gasteiger partial charge in [-0.15, -0.1) is 0 Å². The fourth-order valence-electron chi connectivity index (χ4n) is 3.45. The molecule has 3 rings (SSSR count). The molecule has 2 aromatic heterocycles. The summed E-state index contributed by atoms with van der Waals surface area (Å²) in [6.45, 7) is 6.65. The van der Waals surface area contributed by atoms with E-state index in [1.807, 2.05) is 51.9 Å². The van der Waals surface area contributed by atoms with Crippen molar-refractivity contribution in [3.05, 3.63) is 81.8 Å². The third-order valence-corrected chi connectivity index (χ3v) is 4.89. The van der Waals surface area contributed by atoms with Gasteiger partial charge >= 0.3 is 0 Å². The minimum Gasteiger partial charge on any atom is -0.303 e. The van der Waals surface area contributed by atoms with Crippen LogP contribution in [0.5, 0.6) is 0 Å². The smallest absolute Gasteiger partial charge is 0.162 e. The molecule has 30 heavy (non-hydrogen) atoms. The third kappa shape index (κ3) is 5.14. The molecule has 0 fully saturated rings. The lowest BCUT2D eigenvalue weighted by atomic mass is 10.0. The molecule has 0 aliphatic heterocycles. The van der Waals surface area contributed by atoms with Crippen LogP contribution in [0.3, 0.4) is 0 Å². The number of hydrogen-bond donors (Lipinski definition) is 0. The first kappa shape index (κ1) is 21.7. The largest absolute Gasteiger partial charge is 0.303 e. The van der Waals surface area contributed by atoms with Crippen LogP contribution in [-0.2, 0) is 12.8 Å². The standard InChI is InChI=1S/C25H27F2N3/c1-17-13-22(28-24(14-17)30-18(2)8-9-19(30)3)11-10-21-15-20(7-6-12-29(4)5)16-23(26)25(21)27/h8-9,13-16H,10-12H2,1-5H3. The van der Waals surface area contributed by atoms with Gasteiger partial charge < -0.3 is 4.57 Å². The Morgan fingerprint density at radius 2 is 1.67 bits per heavy atom. The van der Waals surface area contributed by atoms with E-state index in [1.54, 1.807) is 6.07 Å². The molecule has 5 heteroatoms. The van der Waals surface area contributed by atoms with E-state index in [0.717, 1.165) is 34.5 Å². The maximum atomic E-state index is 14.4. The van der Waals surface area contributed by atoms with Crippen molar-refractivity contribution < 1.29 is 8.78 Å². The van der Waals surface area contributed by atoms with Crippen molar-refractivity contribution in [1.82, 2.24) is 14.5 Å². The lowest BCUT2D eigenvalue weighted by Gasteiger charge is -2.12. The van der Waals surface area contributed by atoms with Gasteiger partial charge in [0.05, 0.1) is 6.54 Å². The molecule has 0 spiro atoms. The first-order valence-electron chi connectivity index (χ1n) is 9.99. The van der Waals surface area contributed by atoms with Crippen molar-refractivity contribution in [3.8, 4) is 17.7 Å². The zero-order valence-electron chi connectivity index (χ0n) is 18.2. The molecule has 156 valence electrons. The minimum absolute atomic E-state index is 0.322. The summed E-state index contributed by atoms with van der Waals surface area (Å²) in [4.78, 5) is 6.69. The number of halogens is 2. The molecule has 0 aliphatic rings. The Labute approximate surface area is 177 Å². The van der Waals surface area contributed by atoms with Crippen LogP contribution in [-0.4, -0.2) is 35.1 Å². The van der Waals surface area contributed by atoms with Gasteiger partial charge in [-0.05, 0) is 95.2 Å². The average Bonchev–Trinajstić information content (AvgIpc) is 3.01. The normalized spacial score (nSPS) is 10.9. The van der Waals surface area contributed by atoms with Crippen molar-refractivity contribution in [2.24, 2.45) is 0 Å². The van der Waals surface area contributed by atoms with E-state index >= 15 is 0 Å². The van der Waals surface area contributed by atoms with Gasteiger partial charge in [0.15, 0.2) is 11.6 Å². The summed E-state index contributed by atoms with van der Waals surface area (Å²) < 4.78 is 30.5. The highest BCUT2D eigenvalue weighted by Crippen LogP contribution is 2.20. The predicted octanol–water partition coefficient (Wildman–Crippen LogP) is 4.77. The Bertz CT molecular complexity index is 1100. The van der Waals surface area contributed by atoms with Gasteiger partial charge in [-0.1, -0.05) is 11.8 Å². The van der Waals surface area contributed by atoms with E-state index in [-0.39, 0.29) is 0 Å². The summed E-state index contributed by atoms with van der Waals surface area (Å²) in [6, 6.07) is 10.9. The highest BCUT2D eigenvalue weighted by Gasteiger charge is 2.12. The fourth-order valence-corrected chi connectivity index (χ4v) is 3.45. The summed E-state index contributed by atoms with van der Waals surface area (Å²) >= 11 is 0. The average molecular weight is 408 g/mol. The van der Waals surface area contributed by atoms with Gasteiger partial charge in [-0.25, -0.2) is 13.8 Å². The number of rotatable bonds is 5. The van der Waals surface area contributed by atoms with Gasteiger partial charge in [0, 0.05) is 22.6 Å². The highest BCUT2D eigenvalue weighted by atomic mass is 19.2. The monoisotopic (exact) mass is 407 g/mol. The second kappa shape index (κ2) is 9.23. The van der Waals surface area contributed by atoms with Crippen molar-refractivity contribution in [2.75, 3.05) is 20.6 Å². The van der Waals surface area contributed by atoms with E-state index in [4.69, 9.17) is 4.98 Å². The molecule has 0 bridgehead atoms. The van der Waals surface area contributed by atoms with Crippen LogP contribution in [0.2, 0.25) is 0 Å². The van der Waals surface area contributed by atoms with Crippen LogP contribution in [0, 0.1) is 44.2 Å². The highest BCUT2D eigenvalue weighted by molar-refractivity contribution is 5.40. The van der Waals surface area contributed by atoms with Gasteiger partial charge in [0.2, 0.25) is 0 Å². The van der Waals surface area contributed by atoms with Crippen molar-refractivity contribution in [3.63, 3.8) is 0 Å². The van der Waals surface area contributed by atoms with Crippen molar-refractivity contribution in [2.45, 2.75) is 33.6 Å². The topological polar surface area (TPSA) is 21.1 Å². The third-order valence-electron chi connectivity index (χ3n) is 4.89. The molecule has 0 saturated carbocycles. The van der Waals surface area contributed by atoms with Gasteiger partial charge in [0.1, 0.15) is 5.82 Å². The van der Waals surface area contributed by atoms with Crippen LogP contribution in [0.1, 0.15) is 33.8 Å². The summed E-state index contributed by atoms with van der Waals surface area (Å²) in [7, 11) is 3.82. The van der Waals surface area contributed by atoms with E-state index < -0.39 is 11.6 Å². The molecule has 0 saturated heterocycles. The van der Waals surface area contributed by atoms with Gasteiger partial charge in [0.25, 0.3) is 0 Å². The summed E-state index contributed by atoms with van der Waals surface area (Å²) in [5, 5.41) is 0. The van der Waals surface area contributed by atoms with E-state index in [9.17, 15) is 8.78 Å². The Balaban J connectivity index is 1.85. The molecule has 0 aliphatic carbocycles. The van der Waals surface area contributed by atoms with E-state index in [0.29, 0.717) is 30.5 Å². The lowest BCUT2D eigenvalue weighted by molar-refractivity contribution is 0.464. The fraction of sp³-hybridized carbons (Fsp3) is 0.320. The minimum atomic E-state index is -0.863. The Kier molecular flexibility index (Phi) is 6.69. The Morgan fingerprint density at radius 1 is 0.967 bits per heavy atom. The zero-order chi connectivity index (χ0) is 21.8. The van der Waals surface area contributed by atoms with Crippen LogP contribution < -0.4 is 0 Å². The molecule has 0 unspecified atom stereocenters. The van der Waals surface area contributed by atoms with E-state index in [1.165, 1.54) is 0 Å². The maximum absolute atomic E-state index is 14.4. The molecular weight excluding hydrogens is 380 g/mol. The van der Waals surface area contributed by atoms with Gasteiger partial charge in [-0.3, -0.25) is 4.90 Å². The molecule has 2 heterocycles. The molecule has 1 aromatic carbocycles. The number of benzene rings is 1. The van der Waals surface area contributed by atoms with Crippen LogP contribution in [0.15, 0.2) is 36.4 Å². The quantitative estimate of drug-likeness (QED) is 0.568. The lowest BCUT2D eigenvalue weighted by Crippen LogP contribution is -2.10. The van der Waals surface area contributed by atoms with Crippen LogP contribution in [0.25, 0.3) is 5.82 Å². The van der Waals surface area contributed by atoms with Crippen LogP contribution >= 0.6 is 0 Å². The molecule has 0 atom stereocenters. The zero-order valence-corrected chi connectivity index (χ0v) is 18.2. The van der Waals surface area contributed by atoms with E-state index in [2.05, 4.69) is 28.5 Å². The number of aromatic nitrogens is 2. The first-order chi connectivity index (χ1) is 14.2. The molecule has 0 radical (unpaired) electrons. The SMILES string of the molecule is Cc1cc(CCc2cc(C#CCN(C)C)cc(F)c2F)nc(-n2c(C)ccc2C)c1. The van der Waals surface area contributed by atoms with Crippen molar-refractivity contribution >= 4 is 0 Å².